The summed E-state index contributed by atoms with van der Waals surface area (Å²) in [6, 6.07) is 14.5. The summed E-state index contributed by atoms with van der Waals surface area (Å²) in [6.45, 7) is 12.6. The Kier molecular flexibility index (Phi) is 10.2. The zero-order valence-electron chi connectivity index (χ0n) is 25.6. The number of amides is 1. The van der Waals surface area contributed by atoms with Gasteiger partial charge in [-0.1, -0.05) is 63.9 Å². The first-order valence-corrected chi connectivity index (χ1v) is 15.7. The van der Waals surface area contributed by atoms with Gasteiger partial charge in [-0.2, -0.15) is 0 Å². The van der Waals surface area contributed by atoms with Gasteiger partial charge < -0.3 is 5.32 Å². The fourth-order valence-corrected chi connectivity index (χ4v) is 5.94. The van der Waals surface area contributed by atoms with Crippen LogP contribution in [-0.4, -0.2) is 15.9 Å². The van der Waals surface area contributed by atoms with Crippen molar-refractivity contribution >= 4 is 5.91 Å². The van der Waals surface area contributed by atoms with Crippen molar-refractivity contribution in [3.8, 4) is 0 Å². The Morgan fingerprint density at radius 1 is 0.975 bits per heavy atom. The molecule has 0 spiro atoms. The van der Waals surface area contributed by atoms with E-state index in [1.54, 1.807) is 0 Å². The minimum atomic E-state index is -0.250. The molecule has 6 rings (SSSR count). The maximum Gasteiger partial charge on any atom is 0.252 e. The smallest absolute Gasteiger partial charge is 0.252 e. The molecular formula is C36H49N3O. The Bertz CT molecular complexity index is 1260. The third-order valence-electron chi connectivity index (χ3n) is 9.04. The van der Waals surface area contributed by atoms with E-state index in [1.807, 2.05) is 57.4 Å². The summed E-state index contributed by atoms with van der Waals surface area (Å²) in [5.41, 5.74) is 8.12. The quantitative estimate of drug-likeness (QED) is 0.340. The lowest BCUT2D eigenvalue weighted by Gasteiger charge is -2.37. The molecule has 3 aliphatic rings. The van der Waals surface area contributed by atoms with Gasteiger partial charge in [-0.15, -0.1) is 0 Å². The van der Waals surface area contributed by atoms with Crippen molar-refractivity contribution in [1.29, 1.82) is 0 Å². The summed E-state index contributed by atoms with van der Waals surface area (Å²) in [7, 11) is 0. The van der Waals surface area contributed by atoms with Crippen LogP contribution in [0.4, 0.5) is 0 Å². The fourth-order valence-electron chi connectivity index (χ4n) is 5.94. The van der Waals surface area contributed by atoms with Gasteiger partial charge in [-0.05, 0) is 118 Å². The van der Waals surface area contributed by atoms with E-state index in [9.17, 15) is 4.79 Å². The highest BCUT2D eigenvalue weighted by atomic mass is 16.1. The number of hydrogen-bond acceptors (Lipinski definition) is 3. The molecule has 3 aromatic rings. The lowest BCUT2D eigenvalue weighted by Crippen LogP contribution is -2.36. The van der Waals surface area contributed by atoms with Crippen LogP contribution in [0.5, 0.6) is 0 Å². The Morgan fingerprint density at radius 3 is 2.30 bits per heavy atom. The third kappa shape index (κ3) is 7.00. The predicted molar refractivity (Wildman–Crippen MR) is 166 cm³/mol. The molecule has 1 amide bonds. The van der Waals surface area contributed by atoms with Crippen LogP contribution in [0.2, 0.25) is 0 Å². The molecule has 2 atom stereocenters. The summed E-state index contributed by atoms with van der Waals surface area (Å²) in [6.07, 6.45) is 14.9. The van der Waals surface area contributed by atoms with Crippen molar-refractivity contribution in [2.45, 2.75) is 117 Å². The molecule has 214 valence electrons. The van der Waals surface area contributed by atoms with Gasteiger partial charge >= 0.3 is 0 Å². The summed E-state index contributed by atoms with van der Waals surface area (Å²) >= 11 is 0. The number of carbonyl (C=O) groups is 1. The minimum Gasteiger partial charge on any atom is -0.341 e. The van der Waals surface area contributed by atoms with E-state index in [-0.39, 0.29) is 11.4 Å². The van der Waals surface area contributed by atoms with Crippen LogP contribution in [0, 0.1) is 19.8 Å². The molecule has 2 aromatic heterocycles. The second-order valence-electron chi connectivity index (χ2n) is 11.9. The molecule has 3 aliphatic carbocycles. The topological polar surface area (TPSA) is 54.9 Å². The molecule has 1 aromatic carbocycles. The van der Waals surface area contributed by atoms with Crippen LogP contribution in [0.3, 0.4) is 0 Å². The molecule has 2 saturated carbocycles. The van der Waals surface area contributed by atoms with Gasteiger partial charge in [-0.3, -0.25) is 14.8 Å². The number of pyridine rings is 2. The highest BCUT2D eigenvalue weighted by Crippen LogP contribution is 2.48. The normalized spacial score (nSPS) is 19.4. The molecule has 2 heterocycles. The highest BCUT2D eigenvalue weighted by molar-refractivity contribution is 5.95. The minimum absolute atomic E-state index is 0.0133. The summed E-state index contributed by atoms with van der Waals surface area (Å²) in [5, 5.41) is 3.28. The maximum absolute atomic E-state index is 12.7. The molecule has 0 radical (unpaired) electrons. The van der Waals surface area contributed by atoms with E-state index >= 15 is 0 Å². The van der Waals surface area contributed by atoms with Crippen LogP contribution in [-0.2, 0) is 12.0 Å². The highest BCUT2D eigenvalue weighted by Gasteiger charge is 2.47. The Labute approximate surface area is 242 Å². The summed E-state index contributed by atoms with van der Waals surface area (Å²) in [4.78, 5) is 22.0. The number of fused-ring (bicyclic) bond motifs is 1. The Hall–Kier alpha value is -3.01. The van der Waals surface area contributed by atoms with Gasteiger partial charge in [0.05, 0.1) is 11.2 Å². The lowest BCUT2D eigenvalue weighted by atomic mass is 9.68. The van der Waals surface area contributed by atoms with Crippen LogP contribution >= 0.6 is 0 Å². The average molecular weight is 540 g/mol. The number of aromatic nitrogens is 2. The van der Waals surface area contributed by atoms with Gasteiger partial charge in [0.2, 0.25) is 0 Å². The standard InChI is InChI=1S/C24H28N2O.C10H15N.C2H6/c1-16-8-10-18(11-9-16)23(27)26-24(14-15-24)22-13-12-20-19(17-4-2-5-17)6-3-7-21(20)25-22;1-4-9(3)10-5-8(2)6-11-7-10;1-2/h8-13,17,19H,2-7,14-15H2,1H3,(H,26,27);5-7,9H,4H2,1-3H3;1-2H3. The molecule has 1 N–H and O–H groups in total. The number of rotatable bonds is 6. The van der Waals surface area contributed by atoms with Crippen molar-refractivity contribution in [3.63, 3.8) is 0 Å². The van der Waals surface area contributed by atoms with E-state index in [4.69, 9.17) is 4.98 Å². The van der Waals surface area contributed by atoms with Crippen LogP contribution in [0.15, 0.2) is 54.9 Å². The van der Waals surface area contributed by atoms with Crippen molar-refractivity contribution in [3.05, 3.63) is 94.1 Å². The van der Waals surface area contributed by atoms with Crippen molar-refractivity contribution in [1.82, 2.24) is 15.3 Å². The van der Waals surface area contributed by atoms with E-state index in [1.165, 1.54) is 66.5 Å². The fraction of sp³-hybridized carbons (Fsp3) is 0.528. The molecule has 0 aliphatic heterocycles. The van der Waals surface area contributed by atoms with Crippen molar-refractivity contribution < 1.29 is 4.79 Å². The van der Waals surface area contributed by atoms with Gasteiger partial charge in [0, 0.05) is 23.7 Å². The largest absolute Gasteiger partial charge is 0.341 e. The predicted octanol–water partition coefficient (Wildman–Crippen LogP) is 8.96. The average Bonchev–Trinajstić information content (AvgIpc) is 3.74. The second-order valence-corrected chi connectivity index (χ2v) is 11.9. The second kappa shape index (κ2) is 13.6. The molecule has 0 bridgehead atoms. The molecule has 2 fully saturated rings. The Morgan fingerprint density at radius 2 is 1.70 bits per heavy atom. The number of hydrogen-bond donors (Lipinski definition) is 1. The monoisotopic (exact) mass is 539 g/mol. The third-order valence-corrected chi connectivity index (χ3v) is 9.04. The number of benzene rings is 1. The number of nitrogens with one attached hydrogen (secondary N) is 1. The first-order valence-electron chi connectivity index (χ1n) is 15.7. The van der Waals surface area contributed by atoms with Crippen molar-refractivity contribution in [2.75, 3.05) is 0 Å². The molecule has 0 saturated heterocycles. The first-order chi connectivity index (χ1) is 19.4. The number of carbonyl (C=O) groups excluding carboxylic acids is 1. The molecule has 40 heavy (non-hydrogen) atoms. The Balaban J connectivity index is 0.000000240. The van der Waals surface area contributed by atoms with Gasteiger partial charge in [0.1, 0.15) is 0 Å². The zero-order chi connectivity index (χ0) is 28.7. The summed E-state index contributed by atoms with van der Waals surface area (Å²) < 4.78 is 0. The van der Waals surface area contributed by atoms with Crippen LogP contribution in [0.1, 0.15) is 135 Å². The van der Waals surface area contributed by atoms with Gasteiger partial charge in [0.15, 0.2) is 0 Å². The first kappa shape index (κ1) is 30.0. The van der Waals surface area contributed by atoms with Crippen molar-refractivity contribution in [2.24, 2.45) is 5.92 Å². The van der Waals surface area contributed by atoms with Crippen LogP contribution < -0.4 is 5.32 Å². The van der Waals surface area contributed by atoms with E-state index in [0.29, 0.717) is 5.92 Å². The molecule has 4 heteroatoms. The number of aryl methyl sites for hydroxylation is 3. The number of nitrogens with zero attached hydrogens (tertiary/aromatic N) is 2. The lowest BCUT2D eigenvalue weighted by molar-refractivity contribution is 0.0929. The van der Waals surface area contributed by atoms with E-state index in [0.717, 1.165) is 42.4 Å². The molecular weight excluding hydrogens is 490 g/mol. The summed E-state index contributed by atoms with van der Waals surface area (Å²) in [5.74, 6) is 2.26. The zero-order valence-corrected chi connectivity index (χ0v) is 25.6. The molecule has 4 nitrogen and oxygen atoms in total. The van der Waals surface area contributed by atoms with Gasteiger partial charge in [-0.25, -0.2) is 0 Å². The SMILES string of the molecule is CC.CCC(C)c1cncc(C)c1.Cc1ccc(C(=O)NC2(c3ccc4c(n3)CCCC4C3CCC3)CC2)cc1. The van der Waals surface area contributed by atoms with Crippen LogP contribution in [0.25, 0.3) is 0 Å². The van der Waals surface area contributed by atoms with E-state index in [2.05, 4.69) is 49.3 Å². The van der Waals surface area contributed by atoms with Gasteiger partial charge in [0.25, 0.3) is 5.91 Å². The molecule has 2 unspecified atom stereocenters. The van der Waals surface area contributed by atoms with E-state index < -0.39 is 0 Å². The maximum atomic E-state index is 12.7.